The van der Waals surface area contributed by atoms with E-state index in [2.05, 4.69) is 54.6 Å². The minimum Gasteiger partial charge on any atom is -0.489 e. The molecule has 0 fully saturated rings. The number of fused-ring (bicyclic) bond motifs is 1. The fourth-order valence-electron chi connectivity index (χ4n) is 3.89. The van der Waals surface area contributed by atoms with E-state index in [0.29, 0.717) is 13.2 Å². The second-order valence-corrected chi connectivity index (χ2v) is 7.87. The highest BCUT2D eigenvalue weighted by atomic mass is 16.5. The highest BCUT2D eigenvalue weighted by Gasteiger charge is 2.17. The molecule has 0 unspecified atom stereocenters. The van der Waals surface area contributed by atoms with Gasteiger partial charge in [0.1, 0.15) is 24.7 Å². The molecule has 3 nitrogen and oxygen atoms in total. The van der Waals surface area contributed by atoms with Crippen LogP contribution in [0.3, 0.4) is 0 Å². The number of ether oxygens (including phenoxy) is 2. The van der Waals surface area contributed by atoms with E-state index in [9.17, 15) is 0 Å². The Morgan fingerprint density at radius 3 is 1.88 bits per heavy atom. The second kappa shape index (κ2) is 9.52. The first-order valence-corrected chi connectivity index (χ1v) is 11.0. The molecule has 0 radical (unpaired) electrons. The molecule has 0 amide bonds. The quantitative estimate of drug-likeness (QED) is 0.355. The van der Waals surface area contributed by atoms with Gasteiger partial charge in [-0.25, -0.2) is 0 Å². The smallest absolute Gasteiger partial charge is 0.120 e. The summed E-state index contributed by atoms with van der Waals surface area (Å²) in [6.07, 6.45) is 0.954. The van der Waals surface area contributed by atoms with E-state index in [1.807, 2.05) is 48.5 Å². The minimum atomic E-state index is 0.555. The molecule has 0 bridgehead atoms. The first kappa shape index (κ1) is 20.1. The van der Waals surface area contributed by atoms with Gasteiger partial charge in [-0.15, -0.1) is 0 Å². The van der Waals surface area contributed by atoms with Gasteiger partial charge < -0.3 is 9.47 Å². The maximum absolute atomic E-state index is 6.06. The molecule has 0 saturated heterocycles. The Balaban J connectivity index is 1.31. The summed E-state index contributed by atoms with van der Waals surface area (Å²) in [5.74, 6) is 1.72. The van der Waals surface area contributed by atoms with Crippen molar-refractivity contribution in [2.75, 3.05) is 6.54 Å². The average molecular weight is 420 g/mol. The molecule has 1 aliphatic heterocycles. The van der Waals surface area contributed by atoms with Crippen molar-refractivity contribution in [3.05, 3.63) is 131 Å². The van der Waals surface area contributed by atoms with Gasteiger partial charge in [0.25, 0.3) is 0 Å². The summed E-state index contributed by atoms with van der Waals surface area (Å²) in [5, 5.41) is 0. The van der Waals surface area contributed by atoms with Gasteiger partial charge in [0.05, 0.1) is 5.71 Å². The predicted molar refractivity (Wildman–Crippen MR) is 129 cm³/mol. The van der Waals surface area contributed by atoms with Crippen LogP contribution < -0.4 is 9.47 Å². The van der Waals surface area contributed by atoms with Crippen LogP contribution in [-0.2, 0) is 19.6 Å². The number of hydrogen-bond acceptors (Lipinski definition) is 3. The summed E-state index contributed by atoms with van der Waals surface area (Å²) in [6, 6.07) is 35.0. The lowest BCUT2D eigenvalue weighted by molar-refractivity contribution is 0.306. The van der Waals surface area contributed by atoms with Gasteiger partial charge in [-0.3, -0.25) is 4.99 Å². The maximum atomic E-state index is 6.06. The van der Waals surface area contributed by atoms with Crippen molar-refractivity contribution in [1.29, 1.82) is 0 Å². The van der Waals surface area contributed by atoms with Crippen LogP contribution in [0.2, 0.25) is 0 Å². The fourth-order valence-corrected chi connectivity index (χ4v) is 3.89. The van der Waals surface area contributed by atoms with Crippen LogP contribution in [0.5, 0.6) is 11.5 Å². The Kier molecular flexibility index (Phi) is 5.98. The third-order valence-corrected chi connectivity index (χ3v) is 5.61. The molecule has 158 valence electrons. The van der Waals surface area contributed by atoms with Gasteiger partial charge in [-0.2, -0.15) is 0 Å². The Bertz CT molecular complexity index is 1200. The minimum absolute atomic E-state index is 0.555. The normalized spacial score (nSPS) is 12.6. The molecule has 5 rings (SSSR count). The summed E-state index contributed by atoms with van der Waals surface area (Å²) in [7, 11) is 0. The number of hydrogen-bond donors (Lipinski definition) is 0. The molecule has 0 aromatic heterocycles. The Hall–Kier alpha value is -3.85. The van der Waals surface area contributed by atoms with Gasteiger partial charge >= 0.3 is 0 Å². The monoisotopic (exact) mass is 419 g/mol. The second-order valence-electron chi connectivity index (χ2n) is 7.87. The molecule has 0 saturated carbocycles. The van der Waals surface area contributed by atoms with Crippen molar-refractivity contribution < 1.29 is 9.47 Å². The summed E-state index contributed by atoms with van der Waals surface area (Å²) >= 11 is 0. The molecule has 0 atom stereocenters. The molecule has 0 aliphatic carbocycles. The van der Waals surface area contributed by atoms with Crippen LogP contribution in [-0.4, -0.2) is 12.3 Å². The van der Waals surface area contributed by atoms with Crippen molar-refractivity contribution in [3.8, 4) is 11.5 Å². The Labute approximate surface area is 189 Å². The van der Waals surface area contributed by atoms with Crippen LogP contribution >= 0.6 is 0 Å². The van der Waals surface area contributed by atoms with Gasteiger partial charge in [0.2, 0.25) is 0 Å². The van der Waals surface area contributed by atoms with Crippen LogP contribution in [0.4, 0.5) is 0 Å². The zero-order chi connectivity index (χ0) is 21.6. The highest BCUT2D eigenvalue weighted by molar-refractivity contribution is 6.14. The molecule has 3 heteroatoms. The molecular weight excluding hydrogens is 394 g/mol. The molecule has 1 aliphatic rings. The van der Waals surface area contributed by atoms with Crippen molar-refractivity contribution in [2.45, 2.75) is 19.6 Å². The molecule has 0 spiro atoms. The molecule has 4 aromatic carbocycles. The number of nitrogens with zero attached hydrogens (tertiary/aromatic N) is 1. The fraction of sp³-hybridized carbons (Fsp3) is 0.138. The van der Waals surface area contributed by atoms with Crippen molar-refractivity contribution >= 4 is 5.71 Å². The zero-order valence-electron chi connectivity index (χ0n) is 17.9. The van der Waals surface area contributed by atoms with Crippen molar-refractivity contribution in [1.82, 2.24) is 0 Å². The number of benzene rings is 4. The van der Waals surface area contributed by atoms with E-state index >= 15 is 0 Å². The maximum Gasteiger partial charge on any atom is 0.120 e. The van der Waals surface area contributed by atoms with E-state index in [1.165, 1.54) is 5.56 Å². The van der Waals surface area contributed by atoms with E-state index in [4.69, 9.17) is 14.5 Å². The van der Waals surface area contributed by atoms with Crippen LogP contribution in [0, 0.1) is 0 Å². The van der Waals surface area contributed by atoms with Crippen LogP contribution in [0.15, 0.2) is 108 Å². The topological polar surface area (TPSA) is 30.8 Å². The van der Waals surface area contributed by atoms with E-state index in [1.54, 1.807) is 0 Å². The van der Waals surface area contributed by atoms with E-state index in [-0.39, 0.29) is 0 Å². The molecule has 0 N–H and O–H groups in total. The van der Waals surface area contributed by atoms with Crippen LogP contribution in [0.1, 0.15) is 27.8 Å². The summed E-state index contributed by atoms with van der Waals surface area (Å²) < 4.78 is 12.0. The van der Waals surface area contributed by atoms with Gasteiger partial charge in [-0.05, 0) is 59.5 Å². The van der Waals surface area contributed by atoms with Gasteiger partial charge in [0.15, 0.2) is 0 Å². The lowest BCUT2D eigenvalue weighted by Crippen LogP contribution is -2.14. The standard InChI is InChI=1S/C29H25NO2/c1-3-7-22(8-4-1)20-31-26-14-12-25(13-15-26)29-28-19-27(16-11-24(28)17-18-30-29)32-21-23-9-5-2-6-10-23/h1-16,19H,17-18,20-21H2. The Morgan fingerprint density at radius 1 is 0.625 bits per heavy atom. The summed E-state index contributed by atoms with van der Waals surface area (Å²) in [5.41, 5.74) is 6.89. The molecule has 1 heterocycles. The molecule has 4 aromatic rings. The molecule has 32 heavy (non-hydrogen) atoms. The molecular formula is C29H25NO2. The average Bonchev–Trinajstić information content (AvgIpc) is 2.87. The predicted octanol–water partition coefficient (Wildman–Crippen LogP) is 6.24. The first-order chi connectivity index (χ1) is 15.8. The van der Waals surface area contributed by atoms with Crippen LogP contribution in [0.25, 0.3) is 0 Å². The van der Waals surface area contributed by atoms with E-state index in [0.717, 1.165) is 52.4 Å². The summed E-state index contributed by atoms with van der Waals surface area (Å²) in [6.45, 7) is 1.92. The van der Waals surface area contributed by atoms with E-state index < -0.39 is 0 Å². The SMILES string of the molecule is c1ccc(COc2ccc(C3=NCCc4ccc(OCc5ccccc5)cc43)cc2)cc1. The lowest BCUT2D eigenvalue weighted by atomic mass is 9.93. The van der Waals surface area contributed by atoms with Gasteiger partial charge in [-0.1, -0.05) is 66.7 Å². The number of aliphatic imine (C=N–C) groups is 1. The largest absolute Gasteiger partial charge is 0.489 e. The van der Waals surface area contributed by atoms with Gasteiger partial charge in [0, 0.05) is 17.7 Å². The van der Waals surface area contributed by atoms with Crippen molar-refractivity contribution in [2.24, 2.45) is 4.99 Å². The third kappa shape index (κ3) is 4.73. The zero-order valence-corrected chi connectivity index (χ0v) is 17.9. The number of rotatable bonds is 7. The Morgan fingerprint density at radius 2 is 1.22 bits per heavy atom. The summed E-state index contributed by atoms with van der Waals surface area (Å²) in [4.78, 5) is 4.84. The van der Waals surface area contributed by atoms with Crippen molar-refractivity contribution in [3.63, 3.8) is 0 Å². The third-order valence-electron chi connectivity index (χ3n) is 5.61. The first-order valence-electron chi connectivity index (χ1n) is 11.0. The highest BCUT2D eigenvalue weighted by Crippen LogP contribution is 2.26. The lowest BCUT2D eigenvalue weighted by Gasteiger charge is -2.19.